The van der Waals surface area contributed by atoms with Gasteiger partial charge in [-0.15, -0.1) is 21.5 Å². The van der Waals surface area contributed by atoms with E-state index in [0.29, 0.717) is 24.7 Å². The average molecular weight is 513 g/mol. The Morgan fingerprint density at radius 2 is 2.06 bits per heavy atom. The van der Waals surface area contributed by atoms with Crippen molar-refractivity contribution in [2.75, 3.05) is 13.2 Å². The molecule has 2 aliphatic rings. The quantitative estimate of drug-likeness (QED) is 0.467. The lowest BCUT2D eigenvalue weighted by Gasteiger charge is -2.33. The van der Waals surface area contributed by atoms with Crippen LogP contribution in [0, 0.1) is 6.92 Å². The first-order valence-electron chi connectivity index (χ1n) is 12.7. The van der Waals surface area contributed by atoms with Gasteiger partial charge in [-0.05, 0) is 61.4 Å². The third-order valence-electron chi connectivity index (χ3n) is 6.76. The standard InChI is InChI=1S/C25H32N6O4S/c1-17-11-12-20(35-17)24-27-29-31(28-24)16-22(32)30(15-19-9-5-13-34-19)23(21-10-6-14-36-21)25(33)26-18-7-3-2-4-8-18/h6,10-12,14,18-19,23H,2-5,7-9,13,15-16H2,1H3,(H,26,33)/t19-,23-/m0/s1. The molecule has 11 heteroatoms. The SMILES string of the molecule is Cc1ccc(-c2nnn(CC(=O)N(C[C@@H]3CCCO3)[C@H](C(=O)NC3CCCCC3)c3cccs3)n2)o1. The zero-order chi connectivity index (χ0) is 24.9. The van der Waals surface area contributed by atoms with Crippen LogP contribution in [0.25, 0.3) is 11.6 Å². The maximum Gasteiger partial charge on any atom is 0.248 e. The molecule has 1 N–H and O–H groups in total. The molecule has 3 aromatic rings. The number of hydrogen-bond donors (Lipinski definition) is 1. The van der Waals surface area contributed by atoms with Crippen molar-refractivity contribution in [2.24, 2.45) is 0 Å². The van der Waals surface area contributed by atoms with E-state index < -0.39 is 6.04 Å². The second kappa shape index (κ2) is 11.3. The molecule has 4 heterocycles. The largest absolute Gasteiger partial charge is 0.458 e. The van der Waals surface area contributed by atoms with Crippen molar-refractivity contribution in [3.05, 3.63) is 40.3 Å². The Balaban J connectivity index is 1.38. The second-order valence-corrected chi connectivity index (χ2v) is 10.5. The number of aryl methyl sites for hydroxylation is 1. The van der Waals surface area contributed by atoms with Gasteiger partial charge in [0.25, 0.3) is 0 Å². The smallest absolute Gasteiger partial charge is 0.248 e. The molecule has 5 rings (SSSR count). The van der Waals surface area contributed by atoms with Gasteiger partial charge in [0.2, 0.25) is 17.6 Å². The van der Waals surface area contributed by atoms with E-state index in [4.69, 9.17) is 9.15 Å². The molecule has 10 nitrogen and oxygen atoms in total. The monoisotopic (exact) mass is 512 g/mol. The number of thiophene rings is 1. The number of amides is 2. The van der Waals surface area contributed by atoms with Crippen LogP contribution >= 0.6 is 11.3 Å². The van der Waals surface area contributed by atoms with Crippen LogP contribution in [-0.2, 0) is 20.9 Å². The van der Waals surface area contributed by atoms with Gasteiger partial charge in [0.05, 0.1) is 6.10 Å². The lowest BCUT2D eigenvalue weighted by Crippen LogP contribution is -2.49. The Kier molecular flexibility index (Phi) is 7.76. The van der Waals surface area contributed by atoms with Gasteiger partial charge in [-0.25, -0.2) is 0 Å². The third-order valence-corrected chi connectivity index (χ3v) is 7.68. The molecule has 2 fully saturated rings. The molecule has 0 radical (unpaired) electrons. The first-order valence-corrected chi connectivity index (χ1v) is 13.5. The molecule has 1 aliphatic carbocycles. The van der Waals surface area contributed by atoms with Crippen molar-refractivity contribution < 1.29 is 18.7 Å². The molecule has 1 saturated heterocycles. The summed E-state index contributed by atoms with van der Waals surface area (Å²) in [6, 6.07) is 6.82. The van der Waals surface area contributed by atoms with Gasteiger partial charge in [0.1, 0.15) is 18.3 Å². The molecule has 192 valence electrons. The molecular formula is C25H32N6O4S. The van der Waals surface area contributed by atoms with Crippen LogP contribution in [0.4, 0.5) is 0 Å². The summed E-state index contributed by atoms with van der Waals surface area (Å²) < 4.78 is 11.4. The summed E-state index contributed by atoms with van der Waals surface area (Å²) in [6.07, 6.45) is 7.07. The summed E-state index contributed by atoms with van der Waals surface area (Å²) >= 11 is 1.48. The second-order valence-electron chi connectivity index (χ2n) is 9.50. The van der Waals surface area contributed by atoms with Crippen molar-refractivity contribution >= 4 is 23.2 Å². The van der Waals surface area contributed by atoms with Gasteiger partial charge >= 0.3 is 0 Å². The van der Waals surface area contributed by atoms with Crippen LogP contribution in [-0.4, -0.2) is 62.2 Å². The number of nitrogens with one attached hydrogen (secondary N) is 1. The summed E-state index contributed by atoms with van der Waals surface area (Å²) in [7, 11) is 0. The molecule has 2 atom stereocenters. The van der Waals surface area contributed by atoms with Crippen molar-refractivity contribution in [3.63, 3.8) is 0 Å². The lowest BCUT2D eigenvalue weighted by atomic mass is 9.95. The average Bonchev–Trinajstić information content (AvgIpc) is 3.68. The number of nitrogens with zero attached hydrogens (tertiary/aromatic N) is 5. The molecular weight excluding hydrogens is 480 g/mol. The first-order chi connectivity index (χ1) is 17.6. The maximum atomic E-state index is 13.7. The Labute approximate surface area is 214 Å². The summed E-state index contributed by atoms with van der Waals surface area (Å²) in [5.41, 5.74) is 0. The van der Waals surface area contributed by atoms with Gasteiger partial charge in [-0.2, -0.15) is 4.80 Å². The summed E-state index contributed by atoms with van der Waals surface area (Å²) in [4.78, 5) is 31.1. The maximum absolute atomic E-state index is 13.7. The molecule has 36 heavy (non-hydrogen) atoms. The topological polar surface area (TPSA) is 115 Å². The third kappa shape index (κ3) is 5.84. The van der Waals surface area contributed by atoms with Crippen molar-refractivity contribution in [1.29, 1.82) is 0 Å². The Bertz CT molecular complexity index is 1150. The molecule has 0 spiro atoms. The van der Waals surface area contributed by atoms with E-state index in [1.165, 1.54) is 22.6 Å². The van der Waals surface area contributed by atoms with E-state index in [9.17, 15) is 9.59 Å². The molecule has 0 bridgehead atoms. The Morgan fingerprint density at radius 1 is 1.19 bits per heavy atom. The number of tetrazole rings is 1. The van der Waals surface area contributed by atoms with Gasteiger partial charge in [-0.1, -0.05) is 25.3 Å². The molecule has 2 amide bonds. The van der Waals surface area contributed by atoms with E-state index in [0.717, 1.165) is 49.2 Å². The summed E-state index contributed by atoms with van der Waals surface area (Å²) in [6.45, 7) is 2.70. The first kappa shape index (κ1) is 24.6. The minimum Gasteiger partial charge on any atom is -0.458 e. The van der Waals surface area contributed by atoms with E-state index in [-0.39, 0.29) is 30.5 Å². The fourth-order valence-corrected chi connectivity index (χ4v) is 5.77. The molecule has 1 saturated carbocycles. The highest BCUT2D eigenvalue weighted by Gasteiger charge is 2.36. The highest BCUT2D eigenvalue weighted by Crippen LogP contribution is 2.29. The number of hydrogen-bond acceptors (Lipinski definition) is 8. The normalized spacial score (nSPS) is 19.3. The van der Waals surface area contributed by atoms with Crippen LogP contribution in [0.15, 0.2) is 34.1 Å². The van der Waals surface area contributed by atoms with Gasteiger partial charge in [-0.3, -0.25) is 9.59 Å². The van der Waals surface area contributed by atoms with Crippen LogP contribution in [0.5, 0.6) is 0 Å². The highest BCUT2D eigenvalue weighted by atomic mass is 32.1. The van der Waals surface area contributed by atoms with E-state index >= 15 is 0 Å². The van der Waals surface area contributed by atoms with Crippen molar-refractivity contribution in [3.8, 4) is 11.6 Å². The summed E-state index contributed by atoms with van der Waals surface area (Å²) in [5, 5.41) is 17.6. The minimum atomic E-state index is -0.737. The molecule has 3 aromatic heterocycles. The van der Waals surface area contributed by atoms with Crippen LogP contribution in [0.1, 0.15) is 61.6 Å². The predicted molar refractivity (Wildman–Crippen MR) is 133 cm³/mol. The molecule has 0 aromatic carbocycles. The van der Waals surface area contributed by atoms with E-state index in [1.54, 1.807) is 11.0 Å². The summed E-state index contributed by atoms with van der Waals surface area (Å²) in [5.74, 6) is 1.14. The highest BCUT2D eigenvalue weighted by molar-refractivity contribution is 7.10. The Morgan fingerprint density at radius 3 is 2.75 bits per heavy atom. The Hall–Kier alpha value is -3.05. The van der Waals surface area contributed by atoms with Gasteiger partial charge in [0, 0.05) is 24.1 Å². The number of furan rings is 1. The fraction of sp³-hybridized carbons (Fsp3) is 0.560. The molecule has 1 aliphatic heterocycles. The number of carbonyl (C=O) groups is 2. The number of carbonyl (C=O) groups excluding carboxylic acids is 2. The number of aromatic nitrogens is 4. The zero-order valence-corrected chi connectivity index (χ0v) is 21.3. The van der Waals surface area contributed by atoms with E-state index in [1.807, 2.05) is 30.5 Å². The van der Waals surface area contributed by atoms with Crippen LogP contribution in [0.3, 0.4) is 0 Å². The number of rotatable bonds is 9. The lowest BCUT2D eigenvalue weighted by molar-refractivity contribution is -0.143. The van der Waals surface area contributed by atoms with Gasteiger partial charge < -0.3 is 19.4 Å². The van der Waals surface area contributed by atoms with Crippen molar-refractivity contribution in [2.45, 2.75) is 76.6 Å². The van der Waals surface area contributed by atoms with Gasteiger partial charge in [0.15, 0.2) is 5.76 Å². The van der Waals surface area contributed by atoms with Crippen LogP contribution in [0.2, 0.25) is 0 Å². The predicted octanol–water partition coefficient (Wildman–Crippen LogP) is 3.50. The van der Waals surface area contributed by atoms with Crippen molar-refractivity contribution in [1.82, 2.24) is 30.4 Å². The molecule has 0 unspecified atom stereocenters. The van der Waals surface area contributed by atoms with Crippen LogP contribution < -0.4 is 5.32 Å². The minimum absolute atomic E-state index is 0.107. The number of ether oxygens (including phenoxy) is 1. The fourth-order valence-electron chi connectivity index (χ4n) is 4.93. The zero-order valence-electron chi connectivity index (χ0n) is 20.5. The van der Waals surface area contributed by atoms with E-state index in [2.05, 4.69) is 20.7 Å².